The number of hydrogen-bond acceptors (Lipinski definition) is 34. The molecule has 54 heteroatoms. The van der Waals surface area contributed by atoms with E-state index in [0.717, 1.165) is 120 Å². The summed E-state index contributed by atoms with van der Waals surface area (Å²) < 4.78 is 354. The first-order chi connectivity index (χ1) is 62.9. The highest BCUT2D eigenvalue weighted by atomic mass is 36.0. The number of para-hydroxylation sites is 1. The SMILES string of the molecule is Cl.N[C@H]1CCOC1.O=S(=O)(O)Cl.O=S(Cl)Cl.S.S.S.S.[2H]C([2H])([2H])Oc1ccc(S(=O)(=O)C[C@H]2CCOC2)cc1C(=O)Cl.[2H]C([2H])([2H])Oc1ccc(S(=O)(=O)C[C@H]2CCOC2)cc1C(=O)O.[2H]C([2H])([2H])Oc1ccc(S(=O)(=O)C[C@H]2CCOC2)cc1C(=O)OC.[2H]C([2H])([2H])Oc1ccc(S(=O)(=O)Cl)cc1C(=O)OC.[2H]C([2H])([2H])Oc1ccc(S(=O)(=O)O)cc1C(=O)OC.[2H]C([2H])([2H])Oc1ccccc1C(=O)OC. The average Bonchev–Trinajstić information content (AvgIpc) is 1.79. The summed E-state index contributed by atoms with van der Waals surface area (Å²) in [6, 6.07) is 21.8. The van der Waals surface area contributed by atoms with Crippen molar-refractivity contribution in [1.82, 2.24) is 0 Å². The zero-order valence-corrected chi connectivity index (χ0v) is 79.2. The molecule has 4 saturated heterocycles. The van der Waals surface area contributed by atoms with Crippen molar-refractivity contribution in [3.8, 4) is 34.5 Å². The number of halogens is 6. The van der Waals surface area contributed by atoms with E-state index in [9.17, 15) is 70.9 Å². The largest absolute Gasteiger partial charge is 0.496 e. The van der Waals surface area contributed by atoms with E-state index in [-0.39, 0.29) is 172 Å². The minimum absolute atomic E-state index is 0. The van der Waals surface area contributed by atoms with Crippen LogP contribution in [0.1, 0.15) is 113 Å². The molecule has 0 aromatic heterocycles. The fraction of sp³-hybridized carbons (Fsp3) is 0.408. The van der Waals surface area contributed by atoms with Crippen molar-refractivity contribution in [2.75, 3.05) is 141 Å². The highest BCUT2D eigenvalue weighted by Crippen LogP contribution is 2.32. The average molecular weight is 2120 g/mol. The smallest absolute Gasteiger partial charge is 0.353 e. The van der Waals surface area contributed by atoms with E-state index in [1.807, 2.05) is 0 Å². The predicted molar refractivity (Wildman–Crippen MR) is 486 cm³/mol. The summed E-state index contributed by atoms with van der Waals surface area (Å²) in [7, 11) is -19.4. The number of esters is 4. The van der Waals surface area contributed by atoms with Crippen LogP contribution in [0.2, 0.25) is 0 Å². The Labute approximate surface area is 809 Å². The van der Waals surface area contributed by atoms with Crippen LogP contribution in [0.4, 0.5) is 0 Å². The van der Waals surface area contributed by atoms with Gasteiger partial charge in [0.15, 0.2) is 29.5 Å². The number of aromatic carboxylic acids is 1. The lowest BCUT2D eigenvalue weighted by Crippen LogP contribution is -2.18. The minimum Gasteiger partial charge on any atom is -0.496 e. The zero-order valence-electron chi connectivity index (χ0n) is 82.9. The Kier molecular flexibility index (Phi) is 46.0. The maximum absolute atomic E-state index is 12.5. The molecule has 0 aliphatic carbocycles. The molecular formula is C71H97Cl6NO36S11. The third kappa shape index (κ3) is 45.3. The van der Waals surface area contributed by atoms with Crippen LogP contribution in [-0.4, -0.2) is 251 Å². The summed E-state index contributed by atoms with van der Waals surface area (Å²) in [6.45, 7) is 4.29. The Hall–Kier alpha value is -6.15. The molecule has 710 valence electrons. The van der Waals surface area contributed by atoms with Crippen molar-refractivity contribution in [2.45, 2.75) is 56.2 Å². The van der Waals surface area contributed by atoms with E-state index >= 15 is 0 Å². The molecule has 5 N–H and O–H groups in total. The van der Waals surface area contributed by atoms with Crippen molar-refractivity contribution >= 4 is 223 Å². The van der Waals surface area contributed by atoms with Gasteiger partial charge in [0.2, 0.25) is 9.23 Å². The van der Waals surface area contributed by atoms with Crippen molar-refractivity contribution in [3.05, 3.63) is 149 Å². The quantitative estimate of drug-likeness (QED) is 0.0200. The topological polar surface area (TPSA) is 540 Å². The van der Waals surface area contributed by atoms with Gasteiger partial charge in [0.05, 0.1) is 169 Å². The summed E-state index contributed by atoms with van der Waals surface area (Å²) in [5, 5.41) is 8.16. The van der Waals surface area contributed by atoms with E-state index < -0.39 is 166 Å². The van der Waals surface area contributed by atoms with Gasteiger partial charge in [0, 0.05) is 75.2 Å². The molecule has 6 aromatic rings. The monoisotopic (exact) mass is 2120 g/mol. The zero-order chi connectivity index (χ0) is 106. The Morgan fingerprint density at radius 3 is 0.944 bits per heavy atom. The Morgan fingerprint density at radius 1 is 0.424 bits per heavy atom. The number of nitrogens with two attached hydrogens (primary N) is 1. The Morgan fingerprint density at radius 2 is 0.680 bits per heavy atom. The van der Waals surface area contributed by atoms with E-state index in [4.69, 9.17) is 103 Å². The first-order valence-corrected chi connectivity index (χ1v) is 46.9. The van der Waals surface area contributed by atoms with Gasteiger partial charge < -0.3 is 77.2 Å². The number of carboxylic acids is 1. The molecule has 4 fully saturated rings. The van der Waals surface area contributed by atoms with Crippen LogP contribution in [0.25, 0.3) is 0 Å². The minimum atomic E-state index is -4.53. The molecule has 4 heterocycles. The number of carboxylic acid groups (broad SMARTS) is 1. The number of rotatable bonds is 23. The lowest BCUT2D eigenvalue weighted by molar-refractivity contribution is 0.0587. The van der Waals surface area contributed by atoms with E-state index in [1.165, 1.54) is 31.4 Å². The summed E-state index contributed by atoms with van der Waals surface area (Å²) >= 11 is 5.41. The molecule has 0 saturated carbocycles. The molecule has 4 aliphatic heterocycles. The van der Waals surface area contributed by atoms with E-state index in [2.05, 4.69) is 74.7 Å². The van der Waals surface area contributed by atoms with Gasteiger partial charge in [-0.15, -0.1) is 12.4 Å². The second-order valence-corrected chi connectivity index (χ2v) is 38.6. The molecule has 10 rings (SSSR count). The van der Waals surface area contributed by atoms with Crippen LogP contribution < -0.4 is 34.2 Å². The summed E-state index contributed by atoms with van der Waals surface area (Å²) in [4.78, 5) is 67.4. The molecule has 0 bridgehead atoms. The first-order valence-electron chi connectivity index (χ1n) is 41.7. The molecule has 0 spiro atoms. The molecule has 0 amide bonds. The maximum atomic E-state index is 12.5. The van der Waals surface area contributed by atoms with E-state index in [0.29, 0.717) is 64.9 Å². The van der Waals surface area contributed by atoms with Gasteiger partial charge in [0.1, 0.15) is 62.3 Å². The summed E-state index contributed by atoms with van der Waals surface area (Å²) in [5.41, 5.74) is 3.67. The second-order valence-electron chi connectivity index (χ2n) is 23.6. The lowest BCUT2D eigenvalue weighted by atomic mass is 10.2. The third-order valence-corrected chi connectivity index (χ3v) is 23.5. The van der Waals surface area contributed by atoms with Gasteiger partial charge in [0.25, 0.3) is 24.4 Å². The molecule has 0 radical (unpaired) electrons. The Balaban J connectivity index is -0.000000784. The van der Waals surface area contributed by atoms with Crippen LogP contribution in [0, 0.1) is 17.8 Å². The number of carbonyl (C=O) groups is 6. The summed E-state index contributed by atoms with van der Waals surface area (Å²) in [6.07, 6.45) is 2.98. The molecular weight excluding hydrogens is 2010 g/mol. The number of hydrogen-bond donors (Lipinski definition) is 4. The van der Waals surface area contributed by atoms with Crippen LogP contribution in [0.5, 0.6) is 34.5 Å². The van der Waals surface area contributed by atoms with Crippen molar-refractivity contribution < 1.29 is 189 Å². The van der Waals surface area contributed by atoms with Crippen LogP contribution >= 0.6 is 121 Å². The standard InChI is InChI=1S/C14H18O6S.C13H15ClO5S.C13H16O6S.C9H9ClO5S.C9H10O6S.C9H10O3.C4H9NO.Cl2OS.ClHO3S.ClH.4H2S/c1-18-13-4-3-11(7-12(13)14(15)19-2)21(16,17)9-10-5-6-20-8-10;2*1-18-12-3-2-10(6-11(12)13(14)15)20(16,17)8-9-4-5-19-7-9;1-14-8-4-3-6(16(10,12)13)5-7(8)9(11)15-2;1-14-8-4-3-6(16(11,12)13)5-7(8)9(10)15-2;1-11-8-6-4-3-5-7(8)9(10)12-2;5-4-1-2-6-3-4;1-4(2)3;1-5(2,3)4;;;;;/h3-4,7,10H,5-6,8-9H2,1-2H3;2-3,6,9H,4-5,7-8H2,1H3;2-3,6,9H,4-5,7-8H2,1H3,(H,14,15);3-5H,1-2H3;3-5H,1-2H3,(H,11,12,13);3-6H,1-2H3;4H,1-3,5H2;;(H,2,3,4);1H;4*1H2/t10-;2*9-;;;;4-;;;;;;;/m000...0......./s1/i6*1D3;;;;;;;;. The number of sulfone groups is 3. The highest BCUT2D eigenvalue weighted by Gasteiger charge is 2.31. The van der Waals surface area contributed by atoms with Gasteiger partial charge in [-0.05, 0) is 158 Å². The molecule has 4 atom stereocenters. The van der Waals surface area contributed by atoms with Crippen molar-refractivity contribution in [1.29, 1.82) is 0 Å². The number of methoxy groups -OCH3 is 10. The summed E-state index contributed by atoms with van der Waals surface area (Å²) in [5.74, 6) is -7.27. The lowest BCUT2D eigenvalue weighted by Gasteiger charge is -2.12. The fourth-order valence-corrected chi connectivity index (χ4v) is 16.1. The second kappa shape index (κ2) is 61.4. The van der Waals surface area contributed by atoms with E-state index in [1.54, 1.807) is 12.1 Å². The normalized spacial score (nSPS) is 18.0. The molecule has 0 unspecified atom stereocenters. The first kappa shape index (κ1) is 93.5. The Bertz CT molecular complexity index is 5670. The highest BCUT2D eigenvalue weighted by molar-refractivity contribution is 8.26. The van der Waals surface area contributed by atoms with Crippen LogP contribution in [-0.2, 0) is 105 Å². The van der Waals surface area contributed by atoms with Crippen molar-refractivity contribution in [2.24, 2.45) is 23.5 Å². The maximum Gasteiger partial charge on any atom is 0.353 e. The predicted octanol–water partition coefficient (Wildman–Crippen LogP) is 9.68. The van der Waals surface area contributed by atoms with Gasteiger partial charge in [-0.2, -0.15) is 70.8 Å². The fourth-order valence-electron chi connectivity index (χ4n) is 9.76. The third-order valence-electron chi connectivity index (χ3n) is 15.4. The van der Waals surface area contributed by atoms with Gasteiger partial charge in [-0.3, -0.25) is 13.9 Å². The van der Waals surface area contributed by atoms with Gasteiger partial charge in [-0.1, -0.05) is 12.1 Å². The molecule has 125 heavy (non-hydrogen) atoms. The number of benzene rings is 6. The van der Waals surface area contributed by atoms with Crippen LogP contribution in [0.15, 0.2) is 140 Å². The molecule has 6 aromatic carbocycles. The van der Waals surface area contributed by atoms with Gasteiger partial charge in [-0.25, -0.2) is 61.9 Å². The van der Waals surface area contributed by atoms with Gasteiger partial charge >= 0.3 is 39.2 Å². The van der Waals surface area contributed by atoms with Crippen molar-refractivity contribution in [3.63, 3.8) is 0 Å². The number of carbonyl (C=O) groups excluding carboxylic acids is 5. The molecule has 37 nitrogen and oxygen atoms in total. The van der Waals surface area contributed by atoms with Crippen LogP contribution in [0.3, 0.4) is 0 Å². The molecule has 4 aliphatic rings. The number of ether oxygens (including phenoxy) is 14.